The molecule has 39 heavy (non-hydrogen) atoms. The summed E-state index contributed by atoms with van der Waals surface area (Å²) in [7, 11) is 0. The molecule has 5 aromatic rings. The number of aryl methyl sites for hydroxylation is 1. The molecule has 200 valence electrons. The van der Waals surface area contributed by atoms with Crippen LogP contribution in [-0.2, 0) is 0 Å². The van der Waals surface area contributed by atoms with Gasteiger partial charge in [0.2, 0.25) is 12.2 Å². The first kappa shape index (κ1) is 25.8. The summed E-state index contributed by atoms with van der Waals surface area (Å²) in [6, 6.07) is 15.1. The second kappa shape index (κ2) is 11.3. The summed E-state index contributed by atoms with van der Waals surface area (Å²) < 4.78 is 35.5. The Balaban J connectivity index is 0.000000707. The van der Waals surface area contributed by atoms with E-state index in [0.717, 1.165) is 11.5 Å². The third-order valence-electron chi connectivity index (χ3n) is 6.08. The summed E-state index contributed by atoms with van der Waals surface area (Å²) in [6.45, 7) is 1.27. The highest BCUT2D eigenvalue weighted by Crippen LogP contribution is 2.27. The van der Waals surface area contributed by atoms with Gasteiger partial charge < -0.3 is 19.9 Å². The number of imidazole rings is 1. The molecule has 1 amide bonds. The Bertz CT molecular complexity index is 1560. The standard InChI is InChI=1S/C24H18F2N6O3.C4H8/c1-14-2-3-15(22-28-13-34-31-22)10-19(14)30-23(33)20-11-27-21-9-6-17(12-32(20)21)29-16-4-7-18(8-5-16)35-24(25)26;1-4-2-3-4/h2-13,24,29H,1H3,(H,30,33);4H,2-3H2,1H3. The van der Waals surface area contributed by atoms with E-state index in [1.54, 1.807) is 40.9 Å². The number of benzene rings is 2. The number of nitrogens with one attached hydrogen (secondary N) is 2. The number of fused-ring (bicyclic) bond motifs is 1. The molecule has 0 unspecified atom stereocenters. The van der Waals surface area contributed by atoms with Crippen molar-refractivity contribution in [3.8, 4) is 17.1 Å². The summed E-state index contributed by atoms with van der Waals surface area (Å²) in [5, 5.41) is 9.91. The van der Waals surface area contributed by atoms with Crippen molar-refractivity contribution < 1.29 is 22.8 Å². The second-order valence-electron chi connectivity index (χ2n) is 9.24. The molecule has 0 saturated heterocycles. The first-order valence-corrected chi connectivity index (χ1v) is 12.3. The van der Waals surface area contributed by atoms with E-state index in [1.807, 2.05) is 19.1 Å². The van der Waals surface area contributed by atoms with Crippen LogP contribution in [0.3, 0.4) is 0 Å². The lowest BCUT2D eigenvalue weighted by Gasteiger charge is -2.11. The minimum absolute atomic E-state index is 0.0632. The lowest BCUT2D eigenvalue weighted by molar-refractivity contribution is -0.0498. The Labute approximate surface area is 222 Å². The average Bonchev–Trinajstić information content (AvgIpc) is 3.35. The van der Waals surface area contributed by atoms with Crippen molar-refractivity contribution in [1.82, 2.24) is 19.5 Å². The normalized spacial score (nSPS) is 12.6. The minimum atomic E-state index is -2.88. The van der Waals surface area contributed by atoms with Crippen LogP contribution in [0.25, 0.3) is 17.0 Å². The number of anilines is 3. The van der Waals surface area contributed by atoms with Crippen molar-refractivity contribution in [1.29, 1.82) is 0 Å². The summed E-state index contributed by atoms with van der Waals surface area (Å²) >= 11 is 0. The van der Waals surface area contributed by atoms with Gasteiger partial charge in [-0.05, 0) is 60.9 Å². The molecule has 3 heterocycles. The van der Waals surface area contributed by atoms with Gasteiger partial charge in [-0.2, -0.15) is 13.8 Å². The first-order chi connectivity index (χ1) is 18.9. The SMILES string of the molecule is CC1CC1.Cc1ccc(-c2ncon2)cc1NC(=O)c1cnc2ccc(Nc3ccc(OC(F)F)cc3)cn12. The van der Waals surface area contributed by atoms with Gasteiger partial charge in [0.05, 0.1) is 11.9 Å². The number of amides is 1. The number of pyridine rings is 1. The largest absolute Gasteiger partial charge is 0.435 e. The summed E-state index contributed by atoms with van der Waals surface area (Å²) in [4.78, 5) is 21.5. The molecule has 6 rings (SSSR count). The quantitative estimate of drug-likeness (QED) is 0.240. The molecular weight excluding hydrogens is 506 g/mol. The number of aromatic nitrogens is 4. The maximum absolute atomic E-state index is 13.1. The van der Waals surface area contributed by atoms with Gasteiger partial charge >= 0.3 is 6.61 Å². The molecule has 0 aliphatic heterocycles. The Morgan fingerprint density at radius 3 is 2.49 bits per heavy atom. The van der Waals surface area contributed by atoms with Crippen molar-refractivity contribution in [3.63, 3.8) is 0 Å². The van der Waals surface area contributed by atoms with Crippen LogP contribution in [0.4, 0.5) is 25.8 Å². The van der Waals surface area contributed by atoms with Crippen molar-refractivity contribution in [2.24, 2.45) is 5.92 Å². The van der Waals surface area contributed by atoms with Crippen LogP contribution < -0.4 is 15.4 Å². The van der Waals surface area contributed by atoms with Gasteiger partial charge in [0.25, 0.3) is 5.91 Å². The zero-order chi connectivity index (χ0) is 27.4. The van der Waals surface area contributed by atoms with E-state index in [2.05, 4.69) is 37.4 Å². The highest BCUT2D eigenvalue weighted by Gasteiger charge is 2.15. The Morgan fingerprint density at radius 2 is 1.82 bits per heavy atom. The van der Waals surface area contributed by atoms with Gasteiger partial charge in [0.15, 0.2) is 0 Å². The number of hydrogen-bond acceptors (Lipinski definition) is 7. The Morgan fingerprint density at radius 1 is 1.08 bits per heavy atom. The van der Waals surface area contributed by atoms with Crippen LogP contribution in [-0.4, -0.2) is 32.0 Å². The van der Waals surface area contributed by atoms with E-state index < -0.39 is 6.61 Å². The molecule has 1 aliphatic rings. The smallest absolute Gasteiger partial charge is 0.387 e. The van der Waals surface area contributed by atoms with Gasteiger partial charge in [0.1, 0.15) is 17.1 Å². The number of carbonyl (C=O) groups excluding carboxylic acids is 1. The number of ether oxygens (including phenoxy) is 1. The molecule has 3 aromatic heterocycles. The highest BCUT2D eigenvalue weighted by molar-refractivity contribution is 6.04. The molecule has 11 heteroatoms. The number of nitrogens with zero attached hydrogens (tertiary/aromatic N) is 4. The van der Waals surface area contributed by atoms with Crippen LogP contribution >= 0.6 is 0 Å². The molecular formula is C28H26F2N6O3. The number of rotatable bonds is 7. The van der Waals surface area contributed by atoms with Crippen molar-refractivity contribution in [2.75, 3.05) is 10.6 Å². The van der Waals surface area contributed by atoms with Gasteiger partial charge in [-0.3, -0.25) is 9.20 Å². The maximum atomic E-state index is 13.1. The van der Waals surface area contributed by atoms with Crippen LogP contribution in [0, 0.1) is 12.8 Å². The molecule has 0 bridgehead atoms. The predicted molar refractivity (Wildman–Crippen MR) is 142 cm³/mol. The third-order valence-corrected chi connectivity index (χ3v) is 6.08. The molecule has 2 N–H and O–H groups in total. The lowest BCUT2D eigenvalue weighted by atomic mass is 10.1. The molecule has 0 spiro atoms. The number of hydrogen-bond donors (Lipinski definition) is 2. The first-order valence-electron chi connectivity index (χ1n) is 12.3. The molecule has 1 aliphatic carbocycles. The summed E-state index contributed by atoms with van der Waals surface area (Å²) in [5.74, 6) is 1.21. The Hall–Kier alpha value is -4.80. The lowest BCUT2D eigenvalue weighted by Crippen LogP contribution is -2.15. The van der Waals surface area contributed by atoms with Crippen LogP contribution in [0.2, 0.25) is 0 Å². The topological polar surface area (TPSA) is 107 Å². The van der Waals surface area contributed by atoms with E-state index in [9.17, 15) is 13.6 Å². The molecule has 0 radical (unpaired) electrons. The minimum Gasteiger partial charge on any atom is -0.435 e. The van der Waals surface area contributed by atoms with Gasteiger partial charge in [-0.15, -0.1) is 0 Å². The van der Waals surface area contributed by atoms with Crippen molar-refractivity contribution in [3.05, 3.63) is 84.6 Å². The Kier molecular flexibility index (Phi) is 7.48. The predicted octanol–water partition coefficient (Wildman–Crippen LogP) is 6.71. The van der Waals surface area contributed by atoms with Gasteiger partial charge in [-0.25, -0.2) is 4.98 Å². The molecule has 1 fully saturated rings. The van der Waals surface area contributed by atoms with E-state index in [0.29, 0.717) is 39.8 Å². The van der Waals surface area contributed by atoms with E-state index in [-0.39, 0.29) is 11.7 Å². The van der Waals surface area contributed by atoms with Crippen molar-refractivity contribution in [2.45, 2.75) is 33.3 Å². The van der Waals surface area contributed by atoms with Crippen LogP contribution in [0.15, 0.2) is 77.9 Å². The van der Waals surface area contributed by atoms with E-state index >= 15 is 0 Å². The number of alkyl halides is 2. The monoisotopic (exact) mass is 532 g/mol. The maximum Gasteiger partial charge on any atom is 0.387 e. The van der Waals surface area contributed by atoms with Crippen molar-refractivity contribution >= 4 is 28.6 Å². The van der Waals surface area contributed by atoms with Crippen LogP contribution in [0.1, 0.15) is 35.8 Å². The zero-order valence-corrected chi connectivity index (χ0v) is 21.3. The molecule has 1 saturated carbocycles. The number of halogens is 2. The van der Waals surface area contributed by atoms with Gasteiger partial charge in [-0.1, -0.05) is 37.1 Å². The fraction of sp³-hybridized carbons (Fsp3) is 0.214. The zero-order valence-electron chi connectivity index (χ0n) is 21.3. The number of carbonyl (C=O) groups is 1. The fourth-order valence-electron chi connectivity index (χ4n) is 3.66. The van der Waals surface area contributed by atoms with E-state index in [4.69, 9.17) is 4.52 Å². The van der Waals surface area contributed by atoms with E-state index in [1.165, 1.54) is 37.6 Å². The van der Waals surface area contributed by atoms with Gasteiger partial charge in [0, 0.05) is 23.1 Å². The third kappa shape index (κ3) is 6.56. The highest BCUT2D eigenvalue weighted by atomic mass is 19.3. The summed E-state index contributed by atoms with van der Waals surface area (Å²) in [5.41, 5.74) is 4.41. The average molecular weight is 533 g/mol. The second-order valence-corrected chi connectivity index (χ2v) is 9.24. The molecule has 9 nitrogen and oxygen atoms in total. The summed E-state index contributed by atoms with van der Waals surface area (Å²) in [6.07, 6.45) is 7.43. The molecule has 0 atom stereocenters. The molecule has 2 aromatic carbocycles. The van der Waals surface area contributed by atoms with Crippen LogP contribution in [0.5, 0.6) is 5.75 Å². The fourth-order valence-corrected chi connectivity index (χ4v) is 3.66.